The van der Waals surface area contributed by atoms with Crippen LogP contribution < -0.4 is 21.4 Å². The average molecular weight is 431 g/mol. The average Bonchev–Trinajstić information content (AvgIpc) is 3.21. The van der Waals surface area contributed by atoms with E-state index in [4.69, 9.17) is 5.84 Å². The van der Waals surface area contributed by atoms with Gasteiger partial charge in [0, 0.05) is 42.5 Å². The van der Waals surface area contributed by atoms with Crippen LogP contribution in [0.4, 0.5) is 5.69 Å². The highest BCUT2D eigenvalue weighted by Gasteiger charge is 2.17. The van der Waals surface area contributed by atoms with Crippen molar-refractivity contribution in [2.45, 2.75) is 13.8 Å². The fourth-order valence-corrected chi connectivity index (χ4v) is 3.48. The van der Waals surface area contributed by atoms with Gasteiger partial charge in [-0.1, -0.05) is 13.5 Å². The number of nitrogens with zero attached hydrogens (tertiary/aromatic N) is 3. The van der Waals surface area contributed by atoms with Crippen molar-refractivity contribution in [2.24, 2.45) is 5.84 Å². The van der Waals surface area contributed by atoms with Gasteiger partial charge in [-0.3, -0.25) is 14.6 Å². The quantitative estimate of drug-likeness (QED) is 0.217. The van der Waals surface area contributed by atoms with E-state index in [0.717, 1.165) is 38.3 Å². The molecular formula is C21H30N6O2S. The van der Waals surface area contributed by atoms with E-state index < -0.39 is 0 Å². The van der Waals surface area contributed by atoms with Crippen LogP contribution in [-0.2, 0) is 9.59 Å². The lowest BCUT2D eigenvalue weighted by molar-refractivity contribution is -0.128. The zero-order valence-corrected chi connectivity index (χ0v) is 18.6. The molecule has 0 bridgehead atoms. The molecule has 9 heteroatoms. The standard InChI is InChI=1S/C21H30N6O2S/c1-5-23-10-11-24-19(28)13-27(14-20(29)26(4)22)17-8-6-16(7-9-17)21-25-12-18(30-21)15(2)3/h6-9,12,23H,2,5,10-11,13-14,22H2,1,3-4H3,(H,24,28). The second-order valence-corrected chi connectivity index (χ2v) is 7.95. The fourth-order valence-electron chi connectivity index (χ4n) is 2.63. The van der Waals surface area contributed by atoms with Gasteiger partial charge in [-0.15, -0.1) is 11.3 Å². The first kappa shape index (κ1) is 23.5. The van der Waals surface area contributed by atoms with E-state index in [0.29, 0.717) is 13.1 Å². The summed E-state index contributed by atoms with van der Waals surface area (Å²) in [7, 11) is 1.49. The number of hydrogen-bond acceptors (Lipinski definition) is 7. The Morgan fingerprint density at radius 1 is 1.20 bits per heavy atom. The van der Waals surface area contributed by atoms with Crippen molar-refractivity contribution < 1.29 is 9.59 Å². The molecule has 0 unspecified atom stereocenters. The maximum atomic E-state index is 12.3. The lowest BCUT2D eigenvalue weighted by Crippen LogP contribution is -2.46. The molecule has 0 aliphatic carbocycles. The number of amides is 2. The molecule has 30 heavy (non-hydrogen) atoms. The van der Waals surface area contributed by atoms with Crippen LogP contribution in [0.25, 0.3) is 16.1 Å². The van der Waals surface area contributed by atoms with Gasteiger partial charge < -0.3 is 15.5 Å². The Kier molecular flexibility index (Phi) is 8.97. The Labute approximate surface area is 181 Å². The molecule has 2 rings (SSSR count). The molecule has 2 amide bonds. The van der Waals surface area contributed by atoms with Crippen LogP contribution in [0.2, 0.25) is 0 Å². The molecular weight excluding hydrogens is 400 g/mol. The number of likely N-dealkylation sites (N-methyl/N-ethyl adjacent to an activating group) is 2. The van der Waals surface area contributed by atoms with E-state index in [2.05, 4.69) is 22.2 Å². The molecule has 2 aromatic rings. The lowest BCUT2D eigenvalue weighted by Gasteiger charge is -2.25. The number of anilines is 1. The van der Waals surface area contributed by atoms with Gasteiger partial charge in [-0.2, -0.15) is 0 Å². The van der Waals surface area contributed by atoms with Crippen LogP contribution in [0.3, 0.4) is 0 Å². The third-order valence-electron chi connectivity index (χ3n) is 4.33. The predicted molar refractivity (Wildman–Crippen MR) is 123 cm³/mol. The van der Waals surface area contributed by atoms with Gasteiger partial charge in [0.05, 0.1) is 13.1 Å². The number of benzene rings is 1. The van der Waals surface area contributed by atoms with Gasteiger partial charge in [-0.25, -0.2) is 10.8 Å². The summed E-state index contributed by atoms with van der Waals surface area (Å²) in [4.78, 5) is 31.7. The molecule has 0 fully saturated rings. The summed E-state index contributed by atoms with van der Waals surface area (Å²) in [6.07, 6.45) is 1.82. The fraction of sp³-hybridized carbons (Fsp3) is 0.381. The highest BCUT2D eigenvalue weighted by molar-refractivity contribution is 7.16. The number of aromatic nitrogens is 1. The summed E-state index contributed by atoms with van der Waals surface area (Å²) in [6, 6.07) is 7.63. The van der Waals surface area contributed by atoms with Gasteiger partial charge >= 0.3 is 0 Å². The van der Waals surface area contributed by atoms with Crippen LogP contribution in [0.5, 0.6) is 0 Å². The minimum Gasteiger partial charge on any atom is -0.353 e. The molecule has 0 radical (unpaired) electrons. The summed E-state index contributed by atoms with van der Waals surface area (Å²) in [6.45, 7) is 10.0. The predicted octanol–water partition coefficient (Wildman–Crippen LogP) is 1.71. The van der Waals surface area contributed by atoms with E-state index in [9.17, 15) is 9.59 Å². The molecule has 0 aliphatic heterocycles. The van der Waals surface area contributed by atoms with Gasteiger partial charge in [0.25, 0.3) is 5.91 Å². The second-order valence-electron chi connectivity index (χ2n) is 6.92. The molecule has 0 aliphatic rings. The highest BCUT2D eigenvalue weighted by atomic mass is 32.1. The SMILES string of the molecule is C=C(C)c1cnc(-c2ccc(N(CC(=O)NCCNCC)CC(=O)N(C)N)cc2)s1. The summed E-state index contributed by atoms with van der Waals surface area (Å²) in [5.74, 6) is 5.12. The number of nitrogens with one attached hydrogen (secondary N) is 2. The molecule has 1 aromatic carbocycles. The van der Waals surface area contributed by atoms with E-state index in [1.54, 1.807) is 16.2 Å². The van der Waals surface area contributed by atoms with Crippen LogP contribution in [-0.4, -0.2) is 61.6 Å². The number of hydrogen-bond donors (Lipinski definition) is 3. The lowest BCUT2D eigenvalue weighted by atomic mass is 10.2. The summed E-state index contributed by atoms with van der Waals surface area (Å²) in [5, 5.41) is 7.93. The van der Waals surface area contributed by atoms with Gasteiger partial charge in [0.15, 0.2) is 0 Å². The van der Waals surface area contributed by atoms with Crippen molar-refractivity contribution in [1.29, 1.82) is 0 Å². The minimum absolute atomic E-state index is 0.00400. The number of allylic oxidation sites excluding steroid dienone is 1. The minimum atomic E-state index is -0.287. The molecule has 0 saturated heterocycles. The van der Waals surface area contributed by atoms with Gasteiger partial charge in [0.2, 0.25) is 5.91 Å². The molecule has 0 spiro atoms. The monoisotopic (exact) mass is 430 g/mol. The maximum Gasteiger partial charge on any atom is 0.255 e. The Bertz CT molecular complexity index is 863. The van der Waals surface area contributed by atoms with Crippen molar-refractivity contribution in [3.8, 4) is 10.6 Å². The number of thiazole rings is 1. The second kappa shape index (κ2) is 11.4. The topological polar surface area (TPSA) is 104 Å². The number of rotatable bonds is 11. The van der Waals surface area contributed by atoms with Crippen molar-refractivity contribution in [1.82, 2.24) is 20.6 Å². The summed E-state index contributed by atoms with van der Waals surface area (Å²) >= 11 is 1.57. The van der Waals surface area contributed by atoms with E-state index in [1.807, 2.05) is 44.3 Å². The van der Waals surface area contributed by atoms with Crippen molar-refractivity contribution in [3.63, 3.8) is 0 Å². The Morgan fingerprint density at radius 2 is 1.90 bits per heavy atom. The van der Waals surface area contributed by atoms with Crippen molar-refractivity contribution in [3.05, 3.63) is 41.9 Å². The molecule has 1 aromatic heterocycles. The molecule has 8 nitrogen and oxygen atoms in total. The molecule has 1 heterocycles. The van der Waals surface area contributed by atoms with E-state index >= 15 is 0 Å². The maximum absolute atomic E-state index is 12.3. The smallest absolute Gasteiger partial charge is 0.255 e. The molecule has 0 atom stereocenters. The first-order valence-corrected chi connectivity index (χ1v) is 10.6. The van der Waals surface area contributed by atoms with Crippen LogP contribution >= 0.6 is 11.3 Å². The zero-order chi connectivity index (χ0) is 22.1. The number of nitrogens with two attached hydrogens (primary N) is 1. The van der Waals surface area contributed by atoms with E-state index in [-0.39, 0.29) is 24.9 Å². The largest absolute Gasteiger partial charge is 0.353 e. The van der Waals surface area contributed by atoms with Crippen molar-refractivity contribution in [2.75, 3.05) is 44.7 Å². The van der Waals surface area contributed by atoms with Crippen LogP contribution in [0, 0.1) is 0 Å². The summed E-state index contributed by atoms with van der Waals surface area (Å²) < 4.78 is 0. The zero-order valence-electron chi connectivity index (χ0n) is 17.8. The number of hydrazine groups is 1. The number of carbonyl (C=O) groups is 2. The van der Waals surface area contributed by atoms with Gasteiger partial charge in [0.1, 0.15) is 5.01 Å². The summed E-state index contributed by atoms with van der Waals surface area (Å²) in [5.41, 5.74) is 2.70. The van der Waals surface area contributed by atoms with Gasteiger partial charge in [-0.05, 0) is 43.3 Å². The number of carbonyl (C=O) groups excluding carboxylic acids is 2. The Balaban J connectivity index is 2.12. The molecule has 162 valence electrons. The normalized spacial score (nSPS) is 10.5. The first-order valence-electron chi connectivity index (χ1n) is 9.77. The Hall–Kier alpha value is -2.75. The third kappa shape index (κ3) is 6.94. The molecule has 0 saturated carbocycles. The Morgan fingerprint density at radius 3 is 2.47 bits per heavy atom. The van der Waals surface area contributed by atoms with Crippen LogP contribution in [0.1, 0.15) is 18.7 Å². The highest BCUT2D eigenvalue weighted by Crippen LogP contribution is 2.29. The third-order valence-corrected chi connectivity index (χ3v) is 5.54. The van der Waals surface area contributed by atoms with Crippen molar-refractivity contribution >= 4 is 34.4 Å². The van der Waals surface area contributed by atoms with E-state index in [1.165, 1.54) is 7.05 Å². The first-order chi connectivity index (χ1) is 14.3. The van der Waals surface area contributed by atoms with Crippen LogP contribution in [0.15, 0.2) is 37.0 Å². The molecule has 4 N–H and O–H groups in total.